The van der Waals surface area contributed by atoms with Crippen molar-refractivity contribution in [2.24, 2.45) is 0 Å². The molecule has 1 saturated heterocycles. The molecule has 0 saturated carbocycles. The van der Waals surface area contributed by atoms with E-state index in [0.717, 1.165) is 23.1 Å². The number of thioether (sulfide) groups is 1. The van der Waals surface area contributed by atoms with Gasteiger partial charge in [-0.1, -0.05) is 60.7 Å². The van der Waals surface area contributed by atoms with Crippen LogP contribution in [0.5, 0.6) is 0 Å². The predicted molar refractivity (Wildman–Crippen MR) is 95.0 cm³/mol. The molecule has 0 amide bonds. The van der Waals surface area contributed by atoms with E-state index >= 15 is 0 Å². The fourth-order valence-corrected chi connectivity index (χ4v) is 4.69. The van der Waals surface area contributed by atoms with Crippen LogP contribution >= 0.6 is 11.8 Å². The molecule has 2 aromatic rings. The number of rotatable bonds is 4. The Morgan fingerprint density at radius 3 is 2.42 bits per heavy atom. The number of carbonyl (C=O) groups is 1. The van der Waals surface area contributed by atoms with Crippen molar-refractivity contribution in [3.8, 4) is 0 Å². The first-order valence-corrected chi connectivity index (χ1v) is 8.97. The minimum absolute atomic E-state index is 0.0549. The number of nitrogens with zero attached hydrogens (tertiary/aromatic N) is 2. The maximum Gasteiger partial charge on any atom is 0.210 e. The number of fused-ring (bicyclic) bond motifs is 1. The van der Waals surface area contributed by atoms with Crippen LogP contribution in [0.2, 0.25) is 0 Å². The van der Waals surface area contributed by atoms with Gasteiger partial charge in [-0.05, 0) is 11.1 Å². The van der Waals surface area contributed by atoms with E-state index in [0.29, 0.717) is 12.3 Å². The molecule has 2 aliphatic rings. The van der Waals surface area contributed by atoms with Crippen molar-refractivity contribution in [2.45, 2.75) is 18.1 Å². The second-order valence-corrected chi connectivity index (χ2v) is 6.98. The maximum atomic E-state index is 11.8. The molecule has 5 heteroatoms. The number of aliphatic hydroxyl groups is 1. The van der Waals surface area contributed by atoms with Crippen LogP contribution in [0.3, 0.4) is 0 Å². The van der Waals surface area contributed by atoms with Gasteiger partial charge in [-0.15, -0.1) is 11.8 Å². The Morgan fingerprint density at radius 2 is 1.75 bits per heavy atom. The molecule has 1 fully saturated rings. The van der Waals surface area contributed by atoms with Crippen LogP contribution < -0.4 is 0 Å². The Labute approximate surface area is 145 Å². The van der Waals surface area contributed by atoms with Gasteiger partial charge in [0.15, 0.2) is 12.5 Å². The topological polar surface area (TPSA) is 43.8 Å². The van der Waals surface area contributed by atoms with Crippen molar-refractivity contribution in [1.29, 1.82) is 0 Å². The summed E-state index contributed by atoms with van der Waals surface area (Å²) in [6.45, 7) is 0.516. The summed E-state index contributed by atoms with van der Waals surface area (Å²) in [5, 5.41) is 10.7. The van der Waals surface area contributed by atoms with Gasteiger partial charge in [0, 0.05) is 12.3 Å². The summed E-state index contributed by atoms with van der Waals surface area (Å²) in [6, 6.07) is 20.0. The van der Waals surface area contributed by atoms with E-state index in [1.54, 1.807) is 16.7 Å². The normalized spacial score (nSPS) is 22.8. The number of aldehydes is 1. The van der Waals surface area contributed by atoms with Gasteiger partial charge in [-0.25, -0.2) is 0 Å². The first kappa shape index (κ1) is 15.1. The van der Waals surface area contributed by atoms with Gasteiger partial charge in [0.05, 0.1) is 5.70 Å². The molecular weight excluding hydrogens is 320 g/mol. The second kappa shape index (κ2) is 6.24. The van der Waals surface area contributed by atoms with Crippen LogP contribution in [-0.2, 0) is 11.3 Å². The molecule has 4 rings (SSSR count). The summed E-state index contributed by atoms with van der Waals surface area (Å²) in [5.41, 5.74) is 3.07. The lowest BCUT2D eigenvalue weighted by Gasteiger charge is -2.32. The summed E-state index contributed by atoms with van der Waals surface area (Å²) in [7, 11) is 0. The van der Waals surface area contributed by atoms with Crippen LogP contribution in [0.1, 0.15) is 16.5 Å². The van der Waals surface area contributed by atoms with E-state index < -0.39 is 6.17 Å². The molecule has 4 nitrogen and oxygen atoms in total. The largest absolute Gasteiger partial charge is 0.493 e. The predicted octanol–water partition coefficient (Wildman–Crippen LogP) is 3.50. The van der Waals surface area contributed by atoms with Crippen LogP contribution in [0.4, 0.5) is 0 Å². The molecular formula is C19H18N2O2S. The van der Waals surface area contributed by atoms with E-state index in [9.17, 15) is 9.90 Å². The van der Waals surface area contributed by atoms with Crippen molar-refractivity contribution in [1.82, 2.24) is 9.80 Å². The van der Waals surface area contributed by atoms with Gasteiger partial charge in [0.25, 0.3) is 0 Å². The zero-order valence-electron chi connectivity index (χ0n) is 13.1. The van der Waals surface area contributed by atoms with Gasteiger partial charge >= 0.3 is 0 Å². The smallest absolute Gasteiger partial charge is 0.210 e. The molecule has 2 aliphatic heterocycles. The first-order valence-electron chi connectivity index (χ1n) is 7.92. The Hall–Kier alpha value is -2.40. The number of aliphatic hydroxyl groups excluding tert-OH is 1. The van der Waals surface area contributed by atoms with Crippen molar-refractivity contribution in [3.05, 3.63) is 83.4 Å². The fraction of sp³-hybridized carbons (Fsp3) is 0.211. The third-order valence-electron chi connectivity index (χ3n) is 4.48. The molecule has 1 unspecified atom stereocenters. The average molecular weight is 338 g/mol. The van der Waals surface area contributed by atoms with E-state index in [1.165, 1.54) is 0 Å². The number of carbonyl (C=O) groups excluding carboxylic acids is 1. The van der Waals surface area contributed by atoms with E-state index in [4.69, 9.17) is 0 Å². The Balaban J connectivity index is 1.66. The van der Waals surface area contributed by atoms with Gasteiger partial charge in [-0.3, -0.25) is 4.79 Å². The maximum absolute atomic E-state index is 11.8. The van der Waals surface area contributed by atoms with E-state index in [-0.39, 0.29) is 11.3 Å². The summed E-state index contributed by atoms with van der Waals surface area (Å²) < 4.78 is 0. The van der Waals surface area contributed by atoms with Crippen molar-refractivity contribution >= 4 is 18.0 Å². The van der Waals surface area contributed by atoms with Gasteiger partial charge in [0.1, 0.15) is 5.37 Å². The Bertz CT molecular complexity index is 763. The summed E-state index contributed by atoms with van der Waals surface area (Å²) >= 11 is 1.74. The van der Waals surface area contributed by atoms with Gasteiger partial charge in [-0.2, -0.15) is 0 Å². The lowest BCUT2D eigenvalue weighted by Crippen LogP contribution is -2.41. The van der Waals surface area contributed by atoms with Crippen LogP contribution in [0, 0.1) is 0 Å². The molecule has 0 aliphatic carbocycles. The summed E-state index contributed by atoms with van der Waals surface area (Å²) in [5.74, 6) is 0.933. The molecule has 0 spiro atoms. The third-order valence-corrected chi connectivity index (χ3v) is 5.73. The highest BCUT2D eigenvalue weighted by Gasteiger charge is 2.46. The fourth-order valence-electron chi connectivity index (χ4n) is 3.34. The molecule has 0 bridgehead atoms. The highest BCUT2D eigenvalue weighted by molar-refractivity contribution is 7.99. The average Bonchev–Trinajstić information content (AvgIpc) is 3.17. The SMILES string of the molecule is O=CC1N(Cc2ccccc2)C(O)=C2CS[C@@H](c3ccccc3)N21. The zero-order chi connectivity index (χ0) is 16.5. The van der Waals surface area contributed by atoms with E-state index in [1.807, 2.05) is 53.4 Å². The first-order chi connectivity index (χ1) is 11.8. The molecule has 2 heterocycles. The summed E-state index contributed by atoms with van der Waals surface area (Å²) in [4.78, 5) is 15.7. The highest BCUT2D eigenvalue weighted by Crippen LogP contribution is 2.49. The standard InChI is InChI=1S/C19H18N2O2S/c22-12-17-20(11-14-7-3-1-4-8-14)18(23)16-13-24-19(21(16)17)15-9-5-2-6-10-15/h1-10,12,17,19,23H,11,13H2/t17?,19-/m0/s1. The van der Waals surface area contributed by atoms with Crippen molar-refractivity contribution in [3.63, 3.8) is 0 Å². The van der Waals surface area contributed by atoms with Crippen LogP contribution in [0.25, 0.3) is 0 Å². The minimum atomic E-state index is -0.472. The molecule has 122 valence electrons. The number of benzene rings is 2. The molecule has 1 N–H and O–H groups in total. The van der Waals surface area contributed by atoms with Crippen LogP contribution in [0.15, 0.2) is 72.2 Å². The van der Waals surface area contributed by atoms with Crippen molar-refractivity contribution in [2.75, 3.05) is 5.75 Å². The lowest BCUT2D eigenvalue weighted by atomic mass is 10.2. The van der Waals surface area contributed by atoms with Gasteiger partial charge < -0.3 is 14.9 Å². The molecule has 24 heavy (non-hydrogen) atoms. The number of hydrogen-bond donors (Lipinski definition) is 1. The second-order valence-electron chi connectivity index (χ2n) is 5.91. The van der Waals surface area contributed by atoms with E-state index in [2.05, 4.69) is 12.1 Å². The third kappa shape index (κ3) is 2.45. The molecule has 2 atom stereocenters. The van der Waals surface area contributed by atoms with Crippen molar-refractivity contribution < 1.29 is 9.90 Å². The lowest BCUT2D eigenvalue weighted by molar-refractivity contribution is -0.116. The van der Waals surface area contributed by atoms with Gasteiger partial charge in [0.2, 0.25) is 5.88 Å². The Morgan fingerprint density at radius 1 is 1.08 bits per heavy atom. The highest BCUT2D eigenvalue weighted by atomic mass is 32.2. The zero-order valence-corrected chi connectivity index (χ0v) is 13.9. The Kier molecular flexibility index (Phi) is 3.94. The quantitative estimate of drug-likeness (QED) is 0.865. The molecule has 0 radical (unpaired) electrons. The van der Waals surface area contributed by atoms with Crippen LogP contribution in [-0.4, -0.2) is 33.1 Å². The number of hydrogen-bond acceptors (Lipinski definition) is 5. The molecule has 0 aromatic heterocycles. The monoisotopic (exact) mass is 338 g/mol. The summed E-state index contributed by atoms with van der Waals surface area (Å²) in [6.07, 6.45) is 0.453. The minimum Gasteiger partial charge on any atom is -0.493 e. The molecule has 2 aromatic carbocycles.